The molecular weight excluding hydrogens is 426 g/mol. The number of anilines is 1. The summed E-state index contributed by atoms with van der Waals surface area (Å²) in [6.45, 7) is 4.81. The number of halogens is 1. The van der Waals surface area contributed by atoms with E-state index in [-0.39, 0.29) is 5.91 Å². The fourth-order valence-corrected chi connectivity index (χ4v) is 4.14. The number of nitrogens with zero attached hydrogens (tertiary/aromatic N) is 4. The highest BCUT2D eigenvalue weighted by atomic mass is 35.5. The molecule has 1 aliphatic rings. The van der Waals surface area contributed by atoms with Crippen molar-refractivity contribution < 1.29 is 9.53 Å². The lowest BCUT2D eigenvalue weighted by atomic mass is 10.00. The van der Waals surface area contributed by atoms with Gasteiger partial charge in [-0.25, -0.2) is 9.97 Å². The molecule has 0 saturated carbocycles. The number of rotatable bonds is 6. The summed E-state index contributed by atoms with van der Waals surface area (Å²) in [6.07, 6.45) is 5.70. The number of imidazole rings is 1. The van der Waals surface area contributed by atoms with Crippen LogP contribution < -0.4 is 10.1 Å². The quantitative estimate of drug-likeness (QED) is 0.598. The highest BCUT2D eigenvalue weighted by Gasteiger charge is 2.18. The number of carbonyl (C=O) groups is 1. The second-order valence-corrected chi connectivity index (χ2v) is 8.80. The minimum atomic E-state index is -0.248. The van der Waals surface area contributed by atoms with Gasteiger partial charge in [0.2, 0.25) is 5.88 Å². The molecule has 1 aliphatic heterocycles. The highest BCUT2D eigenvalue weighted by molar-refractivity contribution is 6.33. The number of nitrogens with one attached hydrogen (secondary N) is 1. The number of aromatic nitrogens is 3. The van der Waals surface area contributed by atoms with Gasteiger partial charge in [0.1, 0.15) is 5.82 Å². The molecule has 1 N–H and O–H groups in total. The first-order valence-electron chi connectivity index (χ1n) is 10.8. The van der Waals surface area contributed by atoms with E-state index in [1.165, 1.54) is 19.0 Å². The third-order valence-corrected chi connectivity index (χ3v) is 6.20. The lowest BCUT2D eigenvalue weighted by Crippen LogP contribution is -2.34. The van der Waals surface area contributed by atoms with Crippen LogP contribution >= 0.6 is 11.6 Å². The van der Waals surface area contributed by atoms with Crippen LogP contribution in [0.2, 0.25) is 5.02 Å². The Kier molecular flexibility index (Phi) is 6.77. The van der Waals surface area contributed by atoms with Gasteiger partial charge in [0.05, 0.1) is 17.2 Å². The molecule has 4 rings (SSSR count). The maximum absolute atomic E-state index is 12.7. The molecule has 1 aromatic carbocycles. The second kappa shape index (κ2) is 9.71. The van der Waals surface area contributed by atoms with E-state index in [0.29, 0.717) is 34.7 Å². The Bertz CT molecular complexity index is 1100. The number of pyridine rings is 1. The number of benzene rings is 1. The van der Waals surface area contributed by atoms with Crippen LogP contribution in [0.15, 0.2) is 42.7 Å². The van der Waals surface area contributed by atoms with E-state index in [1.54, 1.807) is 30.5 Å². The third-order valence-electron chi connectivity index (χ3n) is 5.87. The monoisotopic (exact) mass is 453 g/mol. The zero-order valence-electron chi connectivity index (χ0n) is 18.6. The number of amides is 1. The first kappa shape index (κ1) is 22.3. The summed E-state index contributed by atoms with van der Waals surface area (Å²) in [6, 6.07) is 8.82. The van der Waals surface area contributed by atoms with E-state index in [9.17, 15) is 4.79 Å². The number of hydrogen-bond donors (Lipinski definition) is 1. The van der Waals surface area contributed by atoms with Gasteiger partial charge in [0, 0.05) is 54.9 Å². The van der Waals surface area contributed by atoms with Crippen molar-refractivity contribution in [2.75, 3.05) is 32.1 Å². The van der Waals surface area contributed by atoms with Crippen LogP contribution in [0.5, 0.6) is 5.88 Å². The van der Waals surface area contributed by atoms with Gasteiger partial charge in [-0.1, -0.05) is 11.6 Å². The van der Waals surface area contributed by atoms with Gasteiger partial charge >= 0.3 is 0 Å². The summed E-state index contributed by atoms with van der Waals surface area (Å²) >= 11 is 6.38. The van der Waals surface area contributed by atoms with E-state index < -0.39 is 0 Å². The Labute approximate surface area is 193 Å². The van der Waals surface area contributed by atoms with Gasteiger partial charge in [0.15, 0.2) is 0 Å². The largest absolute Gasteiger partial charge is 0.477 e. The van der Waals surface area contributed by atoms with Gasteiger partial charge in [-0.15, -0.1) is 0 Å². The predicted molar refractivity (Wildman–Crippen MR) is 126 cm³/mol. The molecule has 1 fully saturated rings. The van der Waals surface area contributed by atoms with E-state index in [1.807, 2.05) is 24.6 Å². The molecule has 0 spiro atoms. The summed E-state index contributed by atoms with van der Waals surface area (Å²) in [5.41, 5.74) is 2.88. The van der Waals surface area contributed by atoms with Crippen LogP contribution in [-0.2, 0) is 7.05 Å². The SMILES string of the molecule is Cc1cnc(-c2cc(NC(=O)c3ccc(OCC4CCCN(C)C4)nc3)ccc2Cl)n1C. The fourth-order valence-electron chi connectivity index (χ4n) is 3.94. The number of ether oxygens (including phenoxy) is 1. The molecule has 3 aromatic rings. The minimum absolute atomic E-state index is 0.248. The molecule has 32 heavy (non-hydrogen) atoms. The van der Waals surface area contributed by atoms with Crippen molar-refractivity contribution in [2.24, 2.45) is 13.0 Å². The molecule has 7 nitrogen and oxygen atoms in total. The van der Waals surface area contributed by atoms with Crippen LogP contribution in [0.1, 0.15) is 28.9 Å². The third kappa shape index (κ3) is 5.11. The van der Waals surface area contributed by atoms with E-state index in [0.717, 1.165) is 30.2 Å². The number of carbonyl (C=O) groups excluding carboxylic acids is 1. The molecule has 3 heterocycles. The fraction of sp³-hybridized carbons (Fsp3) is 0.375. The van der Waals surface area contributed by atoms with Gasteiger partial charge in [-0.3, -0.25) is 4.79 Å². The smallest absolute Gasteiger partial charge is 0.257 e. The molecular formula is C24H28ClN5O2. The molecule has 0 radical (unpaired) electrons. The zero-order chi connectivity index (χ0) is 22.7. The van der Waals surface area contributed by atoms with E-state index in [2.05, 4.69) is 27.2 Å². The van der Waals surface area contributed by atoms with Crippen molar-refractivity contribution in [1.29, 1.82) is 0 Å². The van der Waals surface area contributed by atoms with Crippen molar-refractivity contribution in [3.8, 4) is 17.3 Å². The van der Waals surface area contributed by atoms with Crippen LogP contribution in [-0.4, -0.2) is 52.1 Å². The van der Waals surface area contributed by atoms with Crippen molar-refractivity contribution in [3.05, 3.63) is 59.0 Å². The average molecular weight is 454 g/mol. The first-order valence-corrected chi connectivity index (χ1v) is 11.2. The second-order valence-electron chi connectivity index (χ2n) is 8.40. The Morgan fingerprint density at radius 3 is 2.75 bits per heavy atom. The lowest BCUT2D eigenvalue weighted by molar-refractivity contribution is 0.102. The van der Waals surface area contributed by atoms with Gasteiger partial charge in [-0.05, 0) is 57.6 Å². The number of piperidine rings is 1. The minimum Gasteiger partial charge on any atom is -0.477 e. The molecule has 2 aromatic heterocycles. The highest BCUT2D eigenvalue weighted by Crippen LogP contribution is 2.30. The maximum atomic E-state index is 12.7. The maximum Gasteiger partial charge on any atom is 0.257 e. The normalized spacial score (nSPS) is 16.7. The van der Waals surface area contributed by atoms with Gasteiger partial charge in [-0.2, -0.15) is 0 Å². The Balaban J connectivity index is 1.39. The van der Waals surface area contributed by atoms with E-state index >= 15 is 0 Å². The number of aryl methyl sites for hydroxylation is 1. The Morgan fingerprint density at radius 1 is 1.22 bits per heavy atom. The van der Waals surface area contributed by atoms with Crippen molar-refractivity contribution >= 4 is 23.2 Å². The summed E-state index contributed by atoms with van der Waals surface area (Å²) in [4.78, 5) is 23.8. The first-order chi connectivity index (χ1) is 15.4. The molecule has 8 heteroatoms. The molecule has 0 aliphatic carbocycles. The summed E-state index contributed by atoms with van der Waals surface area (Å²) < 4.78 is 7.80. The summed E-state index contributed by atoms with van der Waals surface area (Å²) in [5.74, 6) is 1.55. The molecule has 168 valence electrons. The van der Waals surface area contributed by atoms with Crippen LogP contribution in [0, 0.1) is 12.8 Å². The Hall–Kier alpha value is -2.90. The molecule has 1 unspecified atom stereocenters. The zero-order valence-corrected chi connectivity index (χ0v) is 19.4. The van der Waals surface area contributed by atoms with Crippen molar-refractivity contribution in [2.45, 2.75) is 19.8 Å². The number of likely N-dealkylation sites (tertiary alicyclic amines) is 1. The molecule has 0 bridgehead atoms. The number of hydrogen-bond acceptors (Lipinski definition) is 5. The van der Waals surface area contributed by atoms with Gasteiger partial charge in [0.25, 0.3) is 5.91 Å². The summed E-state index contributed by atoms with van der Waals surface area (Å²) in [7, 11) is 4.07. The van der Waals surface area contributed by atoms with Gasteiger partial charge < -0.3 is 19.5 Å². The predicted octanol–water partition coefficient (Wildman–Crippen LogP) is 4.42. The van der Waals surface area contributed by atoms with E-state index in [4.69, 9.17) is 16.3 Å². The average Bonchev–Trinajstić information content (AvgIpc) is 3.12. The molecule has 1 atom stereocenters. The van der Waals surface area contributed by atoms with Crippen LogP contribution in [0.3, 0.4) is 0 Å². The Morgan fingerprint density at radius 2 is 2.06 bits per heavy atom. The van der Waals surface area contributed by atoms with Crippen LogP contribution in [0.25, 0.3) is 11.4 Å². The molecule has 1 saturated heterocycles. The summed E-state index contributed by atoms with van der Waals surface area (Å²) in [5, 5.41) is 3.48. The van der Waals surface area contributed by atoms with Crippen molar-refractivity contribution in [1.82, 2.24) is 19.4 Å². The standard InChI is InChI=1S/C24H28ClN5O2/c1-16-12-27-23(30(16)3)20-11-19(7-8-21(20)25)28-24(31)18-6-9-22(26-13-18)32-15-17-5-4-10-29(2)14-17/h6-9,11-13,17H,4-5,10,14-15H2,1-3H3,(H,28,31). The topological polar surface area (TPSA) is 72.3 Å². The molecule has 1 amide bonds. The van der Waals surface area contributed by atoms with Crippen molar-refractivity contribution in [3.63, 3.8) is 0 Å². The van der Waals surface area contributed by atoms with Crippen LogP contribution in [0.4, 0.5) is 5.69 Å². The lowest BCUT2D eigenvalue weighted by Gasteiger charge is -2.29.